The van der Waals surface area contributed by atoms with Gasteiger partial charge in [-0.25, -0.2) is 9.59 Å². The van der Waals surface area contributed by atoms with Gasteiger partial charge in [-0.3, -0.25) is 4.90 Å². The predicted molar refractivity (Wildman–Crippen MR) is 232 cm³/mol. The molecule has 0 saturated carbocycles. The highest BCUT2D eigenvalue weighted by Gasteiger charge is 2.41. The number of amides is 1. The smallest absolute Gasteiger partial charge is 0.410 e. The molecule has 17 heteroatoms. The van der Waals surface area contributed by atoms with Crippen molar-refractivity contribution in [1.29, 1.82) is 0 Å². The molecule has 3 N–H and O–H groups in total. The minimum atomic E-state index is -0.738. The van der Waals surface area contributed by atoms with E-state index in [1.54, 1.807) is 49.1 Å². The van der Waals surface area contributed by atoms with E-state index in [2.05, 4.69) is 19.9 Å². The lowest BCUT2D eigenvalue weighted by atomic mass is 9.93. The quantitative estimate of drug-likeness (QED) is 0.149. The fourth-order valence-electron chi connectivity index (χ4n) is 6.75. The lowest BCUT2D eigenvalue weighted by Crippen LogP contribution is -2.58. The van der Waals surface area contributed by atoms with Crippen LogP contribution in [0.4, 0.5) is 21.0 Å². The number of hydrogen-bond acceptors (Lipinski definition) is 9. The SMILES string of the molecule is CCOC(=O)Cl.CCOC(=O)N1CCN(c2ccc(Cl)cc2Cl)[C@@H](c2ccc(Cl)cc2)[C@H]1CO.OC[C@H]1NCCN(c2ccc(Cl)cc2Cl)[C@H]1c1ccc(Cl)cc1. The third-order valence-electron chi connectivity index (χ3n) is 9.16. The van der Waals surface area contributed by atoms with E-state index in [9.17, 15) is 19.8 Å². The highest BCUT2D eigenvalue weighted by molar-refractivity contribution is 6.61. The summed E-state index contributed by atoms with van der Waals surface area (Å²) in [6, 6.07) is 24.9. The zero-order valence-corrected chi connectivity index (χ0v) is 36.4. The van der Waals surface area contributed by atoms with Gasteiger partial charge >= 0.3 is 11.5 Å². The summed E-state index contributed by atoms with van der Waals surface area (Å²) in [6.45, 7) is 6.35. The van der Waals surface area contributed by atoms with Crippen LogP contribution in [-0.4, -0.2) is 91.3 Å². The average molecular weight is 924 g/mol. The van der Waals surface area contributed by atoms with Crippen molar-refractivity contribution >= 4 is 104 Å². The van der Waals surface area contributed by atoms with Crippen molar-refractivity contribution in [2.24, 2.45) is 0 Å². The number of carbonyl (C=O) groups excluding carboxylic acids is 2. The third kappa shape index (κ3) is 12.8. The van der Waals surface area contributed by atoms with Gasteiger partial charge in [0.1, 0.15) is 0 Å². The summed E-state index contributed by atoms with van der Waals surface area (Å²) in [5, 5.41) is 26.9. The normalized spacial score (nSPS) is 19.1. The molecule has 0 aliphatic carbocycles. The van der Waals surface area contributed by atoms with E-state index in [0.717, 1.165) is 35.6 Å². The van der Waals surface area contributed by atoms with Crippen molar-refractivity contribution in [2.75, 3.05) is 62.4 Å². The lowest BCUT2D eigenvalue weighted by Gasteiger charge is -2.48. The van der Waals surface area contributed by atoms with Crippen molar-refractivity contribution < 1.29 is 29.3 Å². The number of nitrogens with one attached hydrogen (secondary N) is 1. The van der Waals surface area contributed by atoms with Crippen molar-refractivity contribution in [3.8, 4) is 0 Å². The lowest BCUT2D eigenvalue weighted by molar-refractivity contribution is 0.0524. The summed E-state index contributed by atoms with van der Waals surface area (Å²) in [6.07, 6.45) is -0.442. The number of aliphatic hydroxyl groups is 2. The Morgan fingerprint density at radius 2 is 1.12 bits per heavy atom. The second-order valence-electron chi connectivity index (χ2n) is 12.6. The zero-order chi connectivity index (χ0) is 41.6. The van der Waals surface area contributed by atoms with Crippen molar-refractivity contribution in [2.45, 2.75) is 38.0 Å². The molecule has 2 aliphatic rings. The van der Waals surface area contributed by atoms with Crippen LogP contribution in [0.1, 0.15) is 37.1 Å². The first-order valence-corrected chi connectivity index (χ1v) is 20.6. The van der Waals surface area contributed by atoms with Gasteiger partial charge < -0.3 is 34.8 Å². The minimum Gasteiger partial charge on any atom is -0.454 e. The Hall–Kier alpha value is -2.87. The summed E-state index contributed by atoms with van der Waals surface area (Å²) < 4.78 is 9.36. The summed E-state index contributed by atoms with van der Waals surface area (Å²) in [7, 11) is 0. The number of carbonyl (C=O) groups is 2. The minimum absolute atomic E-state index is 0.0367. The van der Waals surface area contributed by atoms with E-state index < -0.39 is 17.6 Å². The van der Waals surface area contributed by atoms with Gasteiger partial charge in [-0.2, -0.15) is 0 Å². The highest BCUT2D eigenvalue weighted by Crippen LogP contribution is 2.40. The molecule has 10 nitrogen and oxygen atoms in total. The molecule has 0 unspecified atom stereocenters. The molecule has 4 aromatic carbocycles. The maximum atomic E-state index is 12.5. The molecule has 4 aromatic rings. The molecule has 57 heavy (non-hydrogen) atoms. The maximum absolute atomic E-state index is 12.5. The molecule has 0 aromatic heterocycles. The molecule has 2 heterocycles. The number of anilines is 2. The first-order chi connectivity index (χ1) is 27.3. The van der Waals surface area contributed by atoms with E-state index in [4.69, 9.17) is 85.9 Å². The first kappa shape index (κ1) is 46.8. The van der Waals surface area contributed by atoms with Crippen LogP contribution in [0.3, 0.4) is 0 Å². The number of hydrogen-bond donors (Lipinski definition) is 3. The van der Waals surface area contributed by atoms with Crippen LogP contribution in [-0.2, 0) is 9.47 Å². The zero-order valence-electron chi connectivity index (χ0n) is 31.1. The van der Waals surface area contributed by atoms with Crippen LogP contribution in [0.5, 0.6) is 0 Å². The molecule has 2 fully saturated rings. The topological polar surface area (TPSA) is 115 Å². The van der Waals surface area contributed by atoms with Crippen molar-refractivity contribution in [1.82, 2.24) is 10.2 Å². The Morgan fingerprint density at radius 3 is 1.54 bits per heavy atom. The van der Waals surface area contributed by atoms with Crippen LogP contribution in [0.2, 0.25) is 30.1 Å². The third-order valence-corrected chi connectivity index (χ3v) is 10.9. The molecule has 2 saturated heterocycles. The summed E-state index contributed by atoms with van der Waals surface area (Å²) in [4.78, 5) is 27.9. The summed E-state index contributed by atoms with van der Waals surface area (Å²) in [5.41, 5.74) is 2.94. The van der Waals surface area contributed by atoms with Gasteiger partial charge in [0.25, 0.3) is 0 Å². The number of rotatable bonds is 8. The van der Waals surface area contributed by atoms with Gasteiger partial charge in [0.15, 0.2) is 0 Å². The molecular weight excluding hydrogens is 881 g/mol. The molecule has 4 atom stereocenters. The number of benzene rings is 4. The molecular formula is C40H43Cl7N4O6. The van der Waals surface area contributed by atoms with Gasteiger partial charge in [0.2, 0.25) is 0 Å². The van der Waals surface area contributed by atoms with Crippen LogP contribution in [0.25, 0.3) is 0 Å². The van der Waals surface area contributed by atoms with E-state index in [0.29, 0.717) is 49.8 Å². The fourth-order valence-corrected chi connectivity index (χ4v) is 8.14. The predicted octanol–water partition coefficient (Wildman–Crippen LogP) is 10.6. The van der Waals surface area contributed by atoms with Gasteiger partial charge in [-0.15, -0.1) is 0 Å². The number of nitrogens with zero attached hydrogens (tertiary/aromatic N) is 3. The molecule has 6 rings (SSSR count). The Balaban J connectivity index is 0.000000224. The van der Waals surface area contributed by atoms with E-state index in [1.807, 2.05) is 54.6 Å². The molecule has 308 valence electrons. The molecule has 0 spiro atoms. The van der Waals surface area contributed by atoms with Crippen LogP contribution in [0.15, 0.2) is 84.9 Å². The van der Waals surface area contributed by atoms with E-state index in [1.165, 1.54) is 0 Å². The summed E-state index contributed by atoms with van der Waals surface area (Å²) in [5.74, 6) is 0. The maximum Gasteiger partial charge on any atom is 0.410 e. The Morgan fingerprint density at radius 1 is 0.649 bits per heavy atom. The molecule has 1 amide bonds. The monoisotopic (exact) mass is 920 g/mol. The second kappa shape index (κ2) is 23.1. The number of aliphatic hydroxyl groups excluding tert-OH is 2. The van der Waals surface area contributed by atoms with Crippen molar-refractivity contribution in [3.05, 3.63) is 126 Å². The van der Waals surface area contributed by atoms with Crippen LogP contribution in [0, 0.1) is 0 Å². The summed E-state index contributed by atoms with van der Waals surface area (Å²) >= 11 is 41.7. The fraction of sp³-hybridized carbons (Fsp3) is 0.350. The van der Waals surface area contributed by atoms with Crippen molar-refractivity contribution in [3.63, 3.8) is 0 Å². The second-order valence-corrected chi connectivity index (χ2v) is 15.5. The van der Waals surface area contributed by atoms with Gasteiger partial charge in [-0.05, 0) is 85.6 Å². The van der Waals surface area contributed by atoms with Gasteiger partial charge in [0.05, 0.1) is 72.0 Å². The number of ether oxygens (including phenoxy) is 2. The largest absolute Gasteiger partial charge is 0.454 e. The number of piperazine rings is 2. The van der Waals surface area contributed by atoms with E-state index >= 15 is 0 Å². The Bertz CT molecular complexity index is 1910. The van der Waals surface area contributed by atoms with E-state index in [-0.39, 0.29) is 37.9 Å². The first-order valence-electron chi connectivity index (χ1n) is 18.0. The van der Waals surface area contributed by atoms with Gasteiger partial charge in [0, 0.05) is 57.9 Å². The standard InChI is InChI=1S/C20H21Cl3N2O3.C17H17Cl3N2O.C3H5ClO2/c1-2-28-20(27)25-10-9-24(17-8-7-15(22)11-16(17)23)19(18(25)12-26)13-3-5-14(21)6-4-13;18-12-3-1-11(2-4-12)17-15(10-23)21-7-8-22(17)16-6-5-13(19)9-14(16)20;1-2-6-3(4)5/h3-8,11,18-19,26H,2,9-10,12H2,1H3;1-6,9,15,17,21,23H,7-8,10H2;2H2,1H3/t18-,19+;15-,17+;/m11./s1. The average Bonchev–Trinajstić information content (AvgIpc) is 3.18. The van der Waals surface area contributed by atoms with Crippen LogP contribution >= 0.6 is 81.2 Å². The molecule has 0 radical (unpaired) electrons. The van der Waals surface area contributed by atoms with Crippen LogP contribution < -0.4 is 15.1 Å². The Labute approximate surface area is 368 Å². The highest BCUT2D eigenvalue weighted by atomic mass is 35.5. The number of halogens is 7. The van der Waals surface area contributed by atoms with Gasteiger partial charge in [-0.1, -0.05) is 93.9 Å². The molecule has 2 aliphatic heterocycles. The Kier molecular flexibility index (Phi) is 18.9. The molecule has 0 bridgehead atoms.